The van der Waals surface area contributed by atoms with Crippen LogP contribution >= 0.6 is 11.5 Å². The molecule has 0 spiro atoms. The van der Waals surface area contributed by atoms with E-state index in [-0.39, 0.29) is 23.6 Å². The largest absolute Gasteiger partial charge is 0.340 e. The van der Waals surface area contributed by atoms with Crippen molar-refractivity contribution in [1.82, 2.24) is 19.4 Å². The summed E-state index contributed by atoms with van der Waals surface area (Å²) in [4.78, 5) is 17.3. The van der Waals surface area contributed by atoms with Crippen LogP contribution in [0.3, 0.4) is 0 Å². The average molecular weight is 403 g/mol. The van der Waals surface area contributed by atoms with Gasteiger partial charge in [0.15, 0.2) is 0 Å². The first kappa shape index (κ1) is 19.5. The topological polar surface area (TPSA) is 49.3 Å². The summed E-state index contributed by atoms with van der Waals surface area (Å²) >= 11 is 1.33. The summed E-state index contributed by atoms with van der Waals surface area (Å²) in [5.41, 5.74) is 1.98. The number of aromatic nitrogens is 2. The Balaban J connectivity index is 1.49. The molecule has 0 bridgehead atoms. The first-order valence-electron chi connectivity index (χ1n) is 10.0. The number of nitrogens with zero attached hydrogens (tertiary/aromatic N) is 4. The van der Waals surface area contributed by atoms with E-state index in [1.807, 2.05) is 22.4 Å². The van der Waals surface area contributed by atoms with E-state index in [1.54, 1.807) is 0 Å². The quantitative estimate of drug-likeness (QED) is 0.787. The standard InChI is InChI=1S/C21H27FN4OS/c1-14-7-15(2)9-25(8-14)12-21(27)26-10-18(16-3-5-17(22)6-4-16)19(11-26)20-13-28-24-23-20/h3-6,13-15,18-19H,7-12H2,1-2H3/t14-,15-,18-,19+/m0/s1. The minimum atomic E-state index is -0.241. The summed E-state index contributed by atoms with van der Waals surface area (Å²) in [6.07, 6.45) is 1.24. The molecule has 4 rings (SSSR count). The number of hydrogen-bond donors (Lipinski definition) is 0. The summed E-state index contributed by atoms with van der Waals surface area (Å²) in [6, 6.07) is 6.64. The number of benzene rings is 1. The second kappa shape index (κ2) is 8.25. The molecule has 2 aliphatic heterocycles. The average Bonchev–Trinajstić information content (AvgIpc) is 3.31. The predicted octanol–water partition coefficient (Wildman–Crippen LogP) is 3.36. The molecule has 2 fully saturated rings. The number of carbonyl (C=O) groups is 1. The molecule has 2 aromatic rings. The maximum atomic E-state index is 13.4. The van der Waals surface area contributed by atoms with Crippen LogP contribution in [0.2, 0.25) is 0 Å². The van der Waals surface area contributed by atoms with E-state index >= 15 is 0 Å². The maximum Gasteiger partial charge on any atom is 0.236 e. The maximum absolute atomic E-state index is 13.4. The Kier molecular flexibility index (Phi) is 5.73. The SMILES string of the molecule is C[C@H]1C[C@H](C)CN(CC(=O)N2C[C@@H](c3ccc(F)cc3)[C@H](c3csnn3)C2)C1. The Labute approximate surface area is 169 Å². The molecule has 3 heterocycles. The zero-order valence-corrected chi connectivity index (χ0v) is 17.2. The number of hydrogen-bond acceptors (Lipinski definition) is 5. The Morgan fingerprint density at radius 2 is 1.79 bits per heavy atom. The van der Waals surface area contributed by atoms with Gasteiger partial charge in [-0.15, -0.1) is 5.10 Å². The minimum absolute atomic E-state index is 0.104. The van der Waals surface area contributed by atoms with E-state index in [0.717, 1.165) is 24.3 Å². The molecule has 0 unspecified atom stereocenters. The lowest BCUT2D eigenvalue weighted by Crippen LogP contribution is -2.45. The number of rotatable bonds is 4. The van der Waals surface area contributed by atoms with Gasteiger partial charge in [0, 0.05) is 43.4 Å². The van der Waals surface area contributed by atoms with Crippen molar-refractivity contribution >= 4 is 17.4 Å². The molecule has 0 saturated carbocycles. The van der Waals surface area contributed by atoms with E-state index in [2.05, 4.69) is 28.3 Å². The van der Waals surface area contributed by atoms with Crippen LogP contribution < -0.4 is 0 Å². The molecule has 0 aliphatic carbocycles. The van der Waals surface area contributed by atoms with Crippen molar-refractivity contribution in [2.45, 2.75) is 32.1 Å². The Morgan fingerprint density at radius 3 is 2.43 bits per heavy atom. The van der Waals surface area contributed by atoms with Gasteiger partial charge in [-0.2, -0.15) is 0 Å². The lowest BCUT2D eigenvalue weighted by molar-refractivity contribution is -0.132. The molecular weight excluding hydrogens is 375 g/mol. The molecule has 0 radical (unpaired) electrons. The number of likely N-dealkylation sites (tertiary alicyclic amines) is 2. The molecule has 28 heavy (non-hydrogen) atoms. The molecule has 2 saturated heterocycles. The van der Waals surface area contributed by atoms with Crippen LogP contribution in [0.15, 0.2) is 29.6 Å². The zero-order valence-electron chi connectivity index (χ0n) is 16.4. The number of amides is 1. The lowest BCUT2D eigenvalue weighted by atomic mass is 9.87. The summed E-state index contributed by atoms with van der Waals surface area (Å²) in [5, 5.41) is 6.23. The van der Waals surface area contributed by atoms with Crippen molar-refractivity contribution in [2.24, 2.45) is 11.8 Å². The van der Waals surface area contributed by atoms with Crippen LogP contribution in [-0.4, -0.2) is 58.0 Å². The van der Waals surface area contributed by atoms with Crippen molar-refractivity contribution in [2.75, 3.05) is 32.7 Å². The molecule has 0 N–H and O–H groups in total. The van der Waals surface area contributed by atoms with Gasteiger partial charge in [0.1, 0.15) is 5.82 Å². The highest BCUT2D eigenvalue weighted by molar-refractivity contribution is 7.03. The van der Waals surface area contributed by atoms with Crippen LogP contribution in [0.5, 0.6) is 0 Å². The summed E-state index contributed by atoms with van der Waals surface area (Å²) in [5.74, 6) is 1.43. The third-order valence-electron chi connectivity index (χ3n) is 6.03. The van der Waals surface area contributed by atoms with Crippen molar-refractivity contribution in [3.63, 3.8) is 0 Å². The zero-order chi connectivity index (χ0) is 19.7. The molecule has 150 valence electrons. The third-order valence-corrected chi connectivity index (χ3v) is 6.55. The molecule has 1 aromatic heterocycles. The monoisotopic (exact) mass is 402 g/mol. The lowest BCUT2D eigenvalue weighted by Gasteiger charge is -2.35. The van der Waals surface area contributed by atoms with Gasteiger partial charge in [0.25, 0.3) is 0 Å². The van der Waals surface area contributed by atoms with Gasteiger partial charge in [0.05, 0.1) is 12.2 Å². The number of halogens is 1. The molecule has 7 heteroatoms. The van der Waals surface area contributed by atoms with Crippen molar-refractivity contribution in [1.29, 1.82) is 0 Å². The van der Waals surface area contributed by atoms with Crippen LogP contribution in [-0.2, 0) is 4.79 Å². The van der Waals surface area contributed by atoms with E-state index in [9.17, 15) is 9.18 Å². The van der Waals surface area contributed by atoms with Crippen LogP contribution in [0, 0.1) is 17.7 Å². The fourth-order valence-electron chi connectivity index (χ4n) is 4.90. The summed E-state index contributed by atoms with van der Waals surface area (Å²) in [7, 11) is 0. The highest BCUT2D eigenvalue weighted by Crippen LogP contribution is 2.39. The molecule has 5 nitrogen and oxygen atoms in total. The van der Waals surface area contributed by atoms with Gasteiger partial charge in [-0.25, -0.2) is 4.39 Å². The minimum Gasteiger partial charge on any atom is -0.340 e. The second-order valence-corrected chi connectivity index (χ2v) is 9.14. The Bertz CT molecular complexity index is 787. The predicted molar refractivity (Wildman–Crippen MR) is 108 cm³/mol. The molecule has 2 aliphatic rings. The van der Waals surface area contributed by atoms with Gasteiger partial charge in [-0.1, -0.05) is 30.5 Å². The van der Waals surface area contributed by atoms with Gasteiger partial charge in [-0.3, -0.25) is 9.69 Å². The van der Waals surface area contributed by atoms with Gasteiger partial charge >= 0.3 is 0 Å². The third kappa shape index (κ3) is 4.25. The van der Waals surface area contributed by atoms with E-state index in [1.165, 1.54) is 30.1 Å². The highest BCUT2D eigenvalue weighted by Gasteiger charge is 2.39. The van der Waals surface area contributed by atoms with Crippen molar-refractivity contribution < 1.29 is 9.18 Å². The number of piperidine rings is 1. The fraction of sp³-hybridized carbons (Fsp3) is 0.571. The summed E-state index contributed by atoms with van der Waals surface area (Å²) in [6.45, 7) is 8.27. The first-order valence-corrected chi connectivity index (χ1v) is 10.9. The van der Waals surface area contributed by atoms with Gasteiger partial charge < -0.3 is 4.90 Å². The van der Waals surface area contributed by atoms with Crippen molar-refractivity contribution in [3.05, 3.63) is 46.7 Å². The molecular formula is C21H27FN4OS. The number of carbonyl (C=O) groups excluding carboxylic acids is 1. The van der Waals surface area contributed by atoms with Gasteiger partial charge in [0.2, 0.25) is 5.91 Å². The van der Waals surface area contributed by atoms with E-state index in [0.29, 0.717) is 31.5 Å². The highest BCUT2D eigenvalue weighted by atomic mass is 32.1. The molecule has 1 aromatic carbocycles. The smallest absolute Gasteiger partial charge is 0.236 e. The molecule has 1 amide bonds. The second-order valence-electron chi connectivity index (χ2n) is 8.53. The van der Waals surface area contributed by atoms with E-state index in [4.69, 9.17) is 0 Å². The van der Waals surface area contributed by atoms with E-state index < -0.39 is 0 Å². The Morgan fingerprint density at radius 1 is 1.11 bits per heavy atom. The Hall–Kier alpha value is -1.86. The normalized spacial score (nSPS) is 28.6. The molecule has 4 atom stereocenters. The van der Waals surface area contributed by atoms with Crippen LogP contribution in [0.4, 0.5) is 4.39 Å². The van der Waals surface area contributed by atoms with Crippen LogP contribution in [0.25, 0.3) is 0 Å². The summed E-state index contributed by atoms with van der Waals surface area (Å²) < 4.78 is 17.4. The first-order chi connectivity index (χ1) is 13.5. The fourth-order valence-corrected chi connectivity index (χ4v) is 5.42. The van der Waals surface area contributed by atoms with Crippen LogP contribution in [0.1, 0.15) is 43.4 Å². The van der Waals surface area contributed by atoms with Crippen molar-refractivity contribution in [3.8, 4) is 0 Å². The van der Waals surface area contributed by atoms with Gasteiger partial charge in [-0.05, 0) is 47.5 Å².